The van der Waals surface area contributed by atoms with Crippen molar-refractivity contribution in [1.29, 1.82) is 0 Å². The molecule has 9 heteroatoms. The zero-order valence-electron chi connectivity index (χ0n) is 12.2. The number of non-ortho nitro benzene ring substituents is 1. The van der Waals surface area contributed by atoms with E-state index in [4.69, 9.17) is 5.73 Å². The second-order valence-corrected chi connectivity index (χ2v) is 6.69. The number of nitro groups is 1. The average molecular weight is 316 g/mol. The highest BCUT2D eigenvalue weighted by atomic mass is 32.2. The van der Waals surface area contributed by atoms with Gasteiger partial charge in [-0.25, -0.2) is 13.1 Å². The molecule has 21 heavy (non-hydrogen) atoms. The van der Waals surface area contributed by atoms with Crippen LogP contribution < -0.4 is 10.5 Å². The molecule has 0 saturated carbocycles. The third-order valence-electron chi connectivity index (χ3n) is 3.13. The fourth-order valence-corrected chi connectivity index (χ4v) is 2.72. The Kier molecular flexibility index (Phi) is 5.64. The van der Waals surface area contributed by atoms with E-state index >= 15 is 0 Å². The number of sulfonamides is 1. The normalized spacial score (nSPS) is 12.0. The monoisotopic (exact) mass is 316 g/mol. The van der Waals surface area contributed by atoms with Crippen LogP contribution in [-0.2, 0) is 10.0 Å². The fraction of sp³-hybridized carbons (Fsp3) is 0.500. The number of hydrogen-bond donors (Lipinski definition) is 2. The number of hydrogen-bond acceptors (Lipinski definition) is 6. The Hall–Kier alpha value is -1.71. The largest absolute Gasteiger partial charge is 0.397 e. The number of anilines is 1. The third-order valence-corrected chi connectivity index (χ3v) is 4.67. The van der Waals surface area contributed by atoms with Gasteiger partial charge in [0.1, 0.15) is 4.90 Å². The van der Waals surface area contributed by atoms with Gasteiger partial charge in [0.25, 0.3) is 5.69 Å². The summed E-state index contributed by atoms with van der Waals surface area (Å²) in [6.07, 6.45) is 0. The van der Waals surface area contributed by atoms with Gasteiger partial charge in [0.15, 0.2) is 0 Å². The summed E-state index contributed by atoms with van der Waals surface area (Å²) >= 11 is 0. The molecule has 0 radical (unpaired) electrons. The van der Waals surface area contributed by atoms with Gasteiger partial charge in [-0.2, -0.15) is 0 Å². The number of nitro benzene ring substituents is 1. The van der Waals surface area contributed by atoms with Crippen LogP contribution in [0.2, 0.25) is 0 Å². The molecule has 0 spiro atoms. The Morgan fingerprint density at radius 3 is 2.52 bits per heavy atom. The Morgan fingerprint density at radius 2 is 2.05 bits per heavy atom. The van der Waals surface area contributed by atoms with Crippen molar-refractivity contribution in [2.45, 2.75) is 24.8 Å². The van der Waals surface area contributed by atoms with Crippen molar-refractivity contribution in [3.63, 3.8) is 0 Å². The van der Waals surface area contributed by atoms with Crippen LogP contribution >= 0.6 is 0 Å². The number of rotatable bonds is 7. The van der Waals surface area contributed by atoms with E-state index in [2.05, 4.69) is 4.72 Å². The number of nitrogens with one attached hydrogen (secondary N) is 1. The van der Waals surface area contributed by atoms with Crippen molar-refractivity contribution in [1.82, 2.24) is 9.62 Å². The molecule has 1 rings (SSSR count). The van der Waals surface area contributed by atoms with E-state index in [0.29, 0.717) is 12.6 Å². The maximum absolute atomic E-state index is 12.1. The first kappa shape index (κ1) is 17.3. The lowest BCUT2D eigenvalue weighted by atomic mass is 10.3. The third kappa shape index (κ3) is 4.66. The van der Waals surface area contributed by atoms with Crippen LogP contribution in [-0.4, -0.2) is 44.4 Å². The summed E-state index contributed by atoms with van der Waals surface area (Å²) < 4.78 is 26.6. The van der Waals surface area contributed by atoms with E-state index in [1.54, 1.807) is 0 Å². The van der Waals surface area contributed by atoms with Gasteiger partial charge >= 0.3 is 0 Å². The molecule has 0 unspecified atom stereocenters. The van der Waals surface area contributed by atoms with Crippen molar-refractivity contribution < 1.29 is 13.3 Å². The summed E-state index contributed by atoms with van der Waals surface area (Å²) in [6.45, 7) is 4.78. The van der Waals surface area contributed by atoms with Gasteiger partial charge in [-0.05, 0) is 27.0 Å². The molecule has 0 aromatic heterocycles. The fourth-order valence-electron chi connectivity index (χ4n) is 1.59. The molecule has 0 bridgehead atoms. The second kappa shape index (κ2) is 6.83. The van der Waals surface area contributed by atoms with Crippen molar-refractivity contribution in [2.75, 3.05) is 25.9 Å². The summed E-state index contributed by atoms with van der Waals surface area (Å²) in [4.78, 5) is 11.8. The zero-order valence-corrected chi connectivity index (χ0v) is 13.1. The highest BCUT2D eigenvalue weighted by molar-refractivity contribution is 7.89. The molecule has 0 atom stereocenters. The number of benzene rings is 1. The first-order chi connectivity index (χ1) is 9.65. The van der Waals surface area contributed by atoms with Crippen LogP contribution in [0, 0.1) is 10.1 Å². The van der Waals surface area contributed by atoms with Gasteiger partial charge < -0.3 is 10.6 Å². The minimum Gasteiger partial charge on any atom is -0.397 e. The summed E-state index contributed by atoms with van der Waals surface area (Å²) in [6, 6.07) is 3.60. The molecule has 0 aliphatic rings. The summed E-state index contributed by atoms with van der Waals surface area (Å²) in [5, 5.41) is 10.6. The average Bonchev–Trinajstić information content (AvgIpc) is 2.37. The van der Waals surface area contributed by atoms with Gasteiger partial charge in [0.2, 0.25) is 10.0 Å². The van der Waals surface area contributed by atoms with Gasteiger partial charge in [0.05, 0.1) is 10.6 Å². The molecular weight excluding hydrogens is 296 g/mol. The standard InChI is InChI=1S/C12H20N4O4S/c1-9(2)15(3)7-6-14-21(19,20)12-5-4-10(16(17)18)8-11(12)13/h4-5,8-9,14H,6-7,13H2,1-3H3. The SMILES string of the molecule is CC(C)N(C)CCNS(=O)(=O)c1ccc([N+](=O)[O-])cc1N. The number of likely N-dealkylation sites (N-methyl/N-ethyl adjacent to an activating group) is 1. The Labute approximate surface area is 124 Å². The lowest BCUT2D eigenvalue weighted by molar-refractivity contribution is -0.384. The minimum absolute atomic E-state index is 0.145. The Balaban J connectivity index is 2.82. The summed E-state index contributed by atoms with van der Waals surface area (Å²) in [5.41, 5.74) is 5.20. The van der Waals surface area contributed by atoms with Crippen molar-refractivity contribution >= 4 is 21.4 Å². The summed E-state index contributed by atoms with van der Waals surface area (Å²) in [7, 11) is -1.89. The first-order valence-corrected chi connectivity index (χ1v) is 7.87. The van der Waals surface area contributed by atoms with E-state index in [-0.39, 0.29) is 22.8 Å². The van der Waals surface area contributed by atoms with E-state index in [0.717, 1.165) is 18.2 Å². The van der Waals surface area contributed by atoms with Crippen LogP contribution in [0.4, 0.5) is 11.4 Å². The number of nitrogen functional groups attached to an aromatic ring is 1. The molecule has 0 aliphatic carbocycles. The van der Waals surface area contributed by atoms with Crippen LogP contribution in [0.1, 0.15) is 13.8 Å². The molecule has 3 N–H and O–H groups in total. The molecule has 1 aromatic carbocycles. The predicted molar refractivity (Wildman–Crippen MR) is 80.5 cm³/mol. The van der Waals surface area contributed by atoms with Crippen molar-refractivity contribution in [3.05, 3.63) is 28.3 Å². The van der Waals surface area contributed by atoms with Gasteiger partial charge in [-0.1, -0.05) is 0 Å². The zero-order chi connectivity index (χ0) is 16.2. The molecule has 0 amide bonds. The van der Waals surface area contributed by atoms with Gasteiger partial charge in [-0.3, -0.25) is 10.1 Å². The minimum atomic E-state index is -3.78. The predicted octanol–water partition coefficient (Wildman–Crippen LogP) is 0.796. The van der Waals surface area contributed by atoms with Gasteiger partial charge in [-0.15, -0.1) is 0 Å². The van der Waals surface area contributed by atoms with E-state index < -0.39 is 14.9 Å². The molecule has 8 nitrogen and oxygen atoms in total. The summed E-state index contributed by atoms with van der Waals surface area (Å²) in [5.74, 6) is 0. The molecule has 1 aromatic rings. The second-order valence-electron chi connectivity index (χ2n) is 4.95. The van der Waals surface area contributed by atoms with Crippen molar-refractivity contribution in [2.24, 2.45) is 0 Å². The highest BCUT2D eigenvalue weighted by Gasteiger charge is 2.19. The maximum Gasteiger partial charge on any atom is 0.271 e. The van der Waals surface area contributed by atoms with E-state index in [1.165, 1.54) is 0 Å². The topological polar surface area (TPSA) is 119 Å². The number of nitrogens with zero attached hydrogens (tertiary/aromatic N) is 2. The number of nitrogens with two attached hydrogens (primary N) is 1. The highest BCUT2D eigenvalue weighted by Crippen LogP contribution is 2.23. The van der Waals surface area contributed by atoms with E-state index in [9.17, 15) is 18.5 Å². The van der Waals surface area contributed by atoms with Gasteiger partial charge in [0, 0.05) is 31.3 Å². The molecular formula is C12H20N4O4S. The van der Waals surface area contributed by atoms with Crippen LogP contribution in [0.5, 0.6) is 0 Å². The Bertz CT molecular complexity index is 616. The molecule has 0 saturated heterocycles. The Morgan fingerprint density at radius 1 is 1.43 bits per heavy atom. The molecule has 0 fully saturated rings. The lowest BCUT2D eigenvalue weighted by Gasteiger charge is -2.21. The van der Waals surface area contributed by atoms with Crippen LogP contribution in [0.15, 0.2) is 23.1 Å². The molecule has 0 heterocycles. The smallest absolute Gasteiger partial charge is 0.271 e. The van der Waals surface area contributed by atoms with Crippen LogP contribution in [0.3, 0.4) is 0 Å². The van der Waals surface area contributed by atoms with Crippen molar-refractivity contribution in [3.8, 4) is 0 Å². The van der Waals surface area contributed by atoms with E-state index in [1.807, 2.05) is 25.8 Å². The first-order valence-electron chi connectivity index (χ1n) is 6.39. The molecule has 0 aliphatic heterocycles. The lowest BCUT2D eigenvalue weighted by Crippen LogP contribution is -2.36. The molecule has 118 valence electrons. The quantitative estimate of drug-likeness (QED) is 0.436. The maximum atomic E-state index is 12.1. The van der Waals surface area contributed by atoms with Crippen LogP contribution in [0.25, 0.3) is 0 Å².